The van der Waals surface area contributed by atoms with Gasteiger partial charge in [-0.2, -0.15) is 0 Å². The lowest BCUT2D eigenvalue weighted by molar-refractivity contribution is 0.0769. The summed E-state index contributed by atoms with van der Waals surface area (Å²) in [4.78, 5) is 29.9. The fraction of sp³-hybridized carbons (Fsp3) is 0.310. The minimum atomic E-state index is -0.592. The molecule has 3 atom stereocenters. The molecule has 0 bridgehead atoms. The smallest absolute Gasteiger partial charge is 0.258 e. The highest BCUT2D eigenvalue weighted by molar-refractivity contribution is 6.33. The second kappa shape index (κ2) is 11.0. The maximum absolute atomic E-state index is 14.3. The lowest BCUT2D eigenvalue weighted by Gasteiger charge is -2.25. The van der Waals surface area contributed by atoms with Crippen LogP contribution >= 0.6 is 11.6 Å². The van der Waals surface area contributed by atoms with Crippen LogP contribution in [0.1, 0.15) is 38.7 Å². The van der Waals surface area contributed by atoms with Gasteiger partial charge in [0.05, 0.1) is 16.6 Å². The summed E-state index contributed by atoms with van der Waals surface area (Å²) in [6, 6.07) is 19.4. The van der Waals surface area contributed by atoms with Gasteiger partial charge in [0, 0.05) is 38.3 Å². The summed E-state index contributed by atoms with van der Waals surface area (Å²) in [5, 5.41) is 3.24. The number of carbonyl (C=O) groups is 2. The molecular formula is C29H28ClF2N3O2. The average Bonchev–Trinajstić information content (AvgIpc) is 3.46. The summed E-state index contributed by atoms with van der Waals surface area (Å²) < 4.78 is 27.5. The first-order valence-corrected chi connectivity index (χ1v) is 12.8. The summed E-state index contributed by atoms with van der Waals surface area (Å²) in [6.07, 6.45) is 0.712. The first-order valence-electron chi connectivity index (χ1n) is 12.5. The second-order valence-electron chi connectivity index (χ2n) is 9.82. The van der Waals surface area contributed by atoms with Gasteiger partial charge < -0.3 is 15.1 Å². The van der Waals surface area contributed by atoms with Crippen LogP contribution in [-0.4, -0.2) is 54.3 Å². The largest absolute Gasteiger partial charge is 0.345 e. The highest BCUT2D eigenvalue weighted by atomic mass is 35.5. The third-order valence-corrected chi connectivity index (χ3v) is 7.69. The van der Waals surface area contributed by atoms with Crippen LogP contribution < -0.4 is 5.32 Å². The van der Waals surface area contributed by atoms with Crippen LogP contribution in [0.4, 0.5) is 8.78 Å². The molecule has 0 spiro atoms. The number of nitrogens with one attached hydrogen (secondary N) is 1. The van der Waals surface area contributed by atoms with E-state index >= 15 is 0 Å². The number of hydrogen-bond donors (Lipinski definition) is 1. The Morgan fingerprint density at radius 2 is 1.57 bits per heavy atom. The molecule has 2 heterocycles. The lowest BCUT2D eigenvalue weighted by atomic mass is 10.0. The minimum absolute atomic E-state index is 0.0522. The van der Waals surface area contributed by atoms with Gasteiger partial charge >= 0.3 is 0 Å². The van der Waals surface area contributed by atoms with Crippen molar-refractivity contribution in [2.75, 3.05) is 32.7 Å². The van der Waals surface area contributed by atoms with Crippen molar-refractivity contribution in [2.24, 2.45) is 11.8 Å². The molecule has 5 nitrogen and oxygen atoms in total. The van der Waals surface area contributed by atoms with Gasteiger partial charge in [0.1, 0.15) is 11.6 Å². The highest BCUT2D eigenvalue weighted by Crippen LogP contribution is 2.33. The molecule has 2 aliphatic rings. The summed E-state index contributed by atoms with van der Waals surface area (Å²) >= 11 is 6.11. The molecule has 5 rings (SSSR count). The summed E-state index contributed by atoms with van der Waals surface area (Å²) in [5.41, 5.74) is 1.37. The van der Waals surface area contributed by atoms with E-state index in [-0.39, 0.29) is 34.3 Å². The van der Waals surface area contributed by atoms with Crippen LogP contribution in [0.15, 0.2) is 72.8 Å². The molecule has 37 heavy (non-hydrogen) atoms. The molecule has 1 N–H and O–H groups in total. The van der Waals surface area contributed by atoms with Crippen molar-refractivity contribution in [2.45, 2.75) is 12.5 Å². The Morgan fingerprint density at radius 1 is 0.892 bits per heavy atom. The maximum Gasteiger partial charge on any atom is 0.258 e. The molecule has 0 aliphatic carbocycles. The molecule has 192 valence electrons. The average molecular weight is 524 g/mol. The number of likely N-dealkylation sites (tertiary alicyclic amines) is 2. The highest BCUT2D eigenvalue weighted by Gasteiger charge is 2.42. The number of carbonyl (C=O) groups excluding carboxylic acids is 2. The first kappa shape index (κ1) is 25.4. The molecule has 0 aromatic heterocycles. The van der Waals surface area contributed by atoms with Crippen LogP contribution in [-0.2, 0) is 0 Å². The predicted molar refractivity (Wildman–Crippen MR) is 138 cm³/mol. The van der Waals surface area contributed by atoms with Gasteiger partial charge in [0.15, 0.2) is 0 Å². The fourth-order valence-electron chi connectivity index (χ4n) is 5.46. The Kier molecular flexibility index (Phi) is 7.53. The Hall–Kier alpha value is -3.29. The second-order valence-corrected chi connectivity index (χ2v) is 10.2. The van der Waals surface area contributed by atoms with Crippen LogP contribution in [0.5, 0.6) is 0 Å². The van der Waals surface area contributed by atoms with E-state index in [0.717, 1.165) is 25.2 Å². The fourth-order valence-corrected chi connectivity index (χ4v) is 5.70. The monoisotopic (exact) mass is 523 g/mol. The number of rotatable bonds is 7. The van der Waals surface area contributed by atoms with E-state index in [4.69, 9.17) is 11.6 Å². The van der Waals surface area contributed by atoms with E-state index in [1.165, 1.54) is 42.5 Å². The van der Waals surface area contributed by atoms with Crippen LogP contribution in [0, 0.1) is 23.5 Å². The molecule has 3 unspecified atom stereocenters. The molecule has 3 aromatic carbocycles. The van der Waals surface area contributed by atoms with Crippen LogP contribution in [0.3, 0.4) is 0 Å². The number of halogens is 3. The summed E-state index contributed by atoms with van der Waals surface area (Å²) in [6.45, 7) is 3.62. The van der Waals surface area contributed by atoms with Crippen molar-refractivity contribution >= 4 is 23.4 Å². The lowest BCUT2D eigenvalue weighted by Crippen LogP contribution is -2.35. The quantitative estimate of drug-likeness (QED) is 0.464. The molecule has 2 saturated heterocycles. The van der Waals surface area contributed by atoms with Crippen molar-refractivity contribution in [1.29, 1.82) is 0 Å². The van der Waals surface area contributed by atoms with Gasteiger partial charge in [-0.05, 0) is 60.2 Å². The van der Waals surface area contributed by atoms with E-state index in [2.05, 4.69) is 10.2 Å². The molecule has 0 saturated carbocycles. The maximum atomic E-state index is 14.3. The van der Waals surface area contributed by atoms with Crippen LogP contribution in [0.25, 0.3) is 0 Å². The number of amides is 2. The molecular weight excluding hydrogens is 496 g/mol. The van der Waals surface area contributed by atoms with Gasteiger partial charge in [-0.15, -0.1) is 0 Å². The van der Waals surface area contributed by atoms with Gasteiger partial charge in [-0.25, -0.2) is 8.78 Å². The van der Waals surface area contributed by atoms with Gasteiger partial charge in [-0.3, -0.25) is 9.59 Å². The van der Waals surface area contributed by atoms with E-state index in [1.807, 2.05) is 30.3 Å². The van der Waals surface area contributed by atoms with Crippen molar-refractivity contribution in [3.63, 3.8) is 0 Å². The topological polar surface area (TPSA) is 52.7 Å². The van der Waals surface area contributed by atoms with Crippen molar-refractivity contribution in [3.05, 3.63) is 106 Å². The van der Waals surface area contributed by atoms with Crippen molar-refractivity contribution in [1.82, 2.24) is 15.1 Å². The zero-order valence-corrected chi connectivity index (χ0v) is 21.0. The molecule has 2 fully saturated rings. The Bertz CT molecular complexity index is 1240. The molecule has 2 aliphatic heterocycles. The third-order valence-electron chi connectivity index (χ3n) is 7.37. The van der Waals surface area contributed by atoms with E-state index in [0.29, 0.717) is 36.9 Å². The third kappa shape index (κ3) is 5.68. The van der Waals surface area contributed by atoms with Crippen LogP contribution in [0.2, 0.25) is 5.02 Å². The van der Waals surface area contributed by atoms with Crippen molar-refractivity contribution < 1.29 is 18.4 Å². The summed E-state index contributed by atoms with van der Waals surface area (Å²) in [5.74, 6) is -0.930. The Balaban J connectivity index is 1.19. The number of hydrogen-bond acceptors (Lipinski definition) is 3. The number of nitrogens with zero attached hydrogens (tertiary/aromatic N) is 2. The predicted octanol–water partition coefficient (Wildman–Crippen LogP) is 5.18. The van der Waals surface area contributed by atoms with Gasteiger partial charge in [-0.1, -0.05) is 48.0 Å². The molecule has 0 radical (unpaired) electrons. The normalized spacial score (nSPS) is 20.0. The summed E-state index contributed by atoms with van der Waals surface area (Å²) in [7, 11) is 0. The molecule has 3 aromatic rings. The Morgan fingerprint density at radius 3 is 2.22 bits per heavy atom. The zero-order chi connectivity index (χ0) is 25.9. The van der Waals surface area contributed by atoms with Crippen molar-refractivity contribution in [3.8, 4) is 0 Å². The SMILES string of the molecule is O=C(NC(CCN1CC2CN(C(=O)c3c(F)cccc3Cl)CC2C1)c1ccccc1)c1ccc(F)cc1. The molecule has 8 heteroatoms. The number of benzene rings is 3. The Labute approximate surface area is 220 Å². The standard InChI is InChI=1S/C29H28ClF2N3O2/c30-24-7-4-8-25(32)27(24)29(37)35-17-21-15-34(16-22(21)18-35)14-13-26(19-5-2-1-3-6-19)33-28(36)20-9-11-23(31)12-10-20/h1-12,21-22,26H,13-18H2,(H,33,36). The minimum Gasteiger partial charge on any atom is -0.345 e. The van der Waals surface area contributed by atoms with Gasteiger partial charge in [0.2, 0.25) is 0 Å². The zero-order valence-electron chi connectivity index (χ0n) is 20.2. The van der Waals surface area contributed by atoms with E-state index in [9.17, 15) is 18.4 Å². The molecule has 2 amide bonds. The number of fused-ring (bicyclic) bond motifs is 1. The van der Waals surface area contributed by atoms with Gasteiger partial charge in [0.25, 0.3) is 11.8 Å². The first-order chi connectivity index (χ1) is 17.9. The van der Waals surface area contributed by atoms with E-state index in [1.54, 1.807) is 4.90 Å². The van der Waals surface area contributed by atoms with E-state index < -0.39 is 5.82 Å².